The summed E-state index contributed by atoms with van der Waals surface area (Å²) in [4.78, 5) is 22.1. The highest BCUT2D eigenvalue weighted by Crippen LogP contribution is 2.20. The first kappa shape index (κ1) is 13.4. The van der Waals surface area contributed by atoms with Crippen molar-refractivity contribution in [3.63, 3.8) is 0 Å². The molecule has 0 saturated heterocycles. The molecule has 17 heavy (non-hydrogen) atoms. The minimum Gasteiger partial charge on any atom is -0.299 e. The number of carbonyl (C=O) groups is 1. The van der Waals surface area contributed by atoms with Crippen LogP contribution in [0.15, 0.2) is 24.3 Å². The van der Waals surface area contributed by atoms with Gasteiger partial charge in [-0.15, -0.1) is 0 Å². The zero-order chi connectivity index (χ0) is 12.8. The molecular weight excluding hydrogens is 218 g/mol. The summed E-state index contributed by atoms with van der Waals surface area (Å²) in [6.45, 7) is 3.50. The van der Waals surface area contributed by atoms with E-state index in [9.17, 15) is 14.9 Å². The number of carbonyl (C=O) groups excluding carboxylic acids is 1. The number of ketones is 1. The van der Waals surface area contributed by atoms with E-state index in [1.807, 2.05) is 32.0 Å². The summed E-state index contributed by atoms with van der Waals surface area (Å²) in [5, 5.41) is 10.6. The van der Waals surface area contributed by atoms with Gasteiger partial charge in [-0.3, -0.25) is 14.9 Å². The summed E-state index contributed by atoms with van der Waals surface area (Å²) in [6, 6.07) is 7.38. The number of nitro groups is 1. The molecule has 1 rings (SSSR count). The van der Waals surface area contributed by atoms with Crippen LogP contribution in [-0.4, -0.2) is 17.3 Å². The van der Waals surface area contributed by atoms with Gasteiger partial charge in [0.05, 0.1) is 0 Å². The van der Waals surface area contributed by atoms with Crippen molar-refractivity contribution in [1.82, 2.24) is 0 Å². The quantitative estimate of drug-likeness (QED) is 0.562. The van der Waals surface area contributed by atoms with Crippen molar-refractivity contribution in [2.24, 2.45) is 0 Å². The van der Waals surface area contributed by atoms with Crippen LogP contribution >= 0.6 is 0 Å². The summed E-state index contributed by atoms with van der Waals surface area (Å²) in [7, 11) is 0. The van der Waals surface area contributed by atoms with Crippen molar-refractivity contribution < 1.29 is 9.72 Å². The minimum atomic E-state index is -0.607. The van der Waals surface area contributed by atoms with Gasteiger partial charge in [0.15, 0.2) is 0 Å². The molecule has 4 heteroatoms. The normalized spacial score (nSPS) is 12.1. The highest BCUT2D eigenvalue weighted by Gasteiger charge is 2.24. The maximum atomic E-state index is 11.9. The largest absolute Gasteiger partial charge is 0.299 e. The molecule has 1 aromatic carbocycles. The average Bonchev–Trinajstić information content (AvgIpc) is 2.26. The van der Waals surface area contributed by atoms with Crippen molar-refractivity contribution in [3.05, 3.63) is 45.5 Å². The summed E-state index contributed by atoms with van der Waals surface area (Å²) in [5.41, 5.74) is 1.76. The fraction of sp³-hybridized carbons (Fsp3) is 0.462. The van der Waals surface area contributed by atoms with E-state index >= 15 is 0 Å². The van der Waals surface area contributed by atoms with Crippen LogP contribution in [0.2, 0.25) is 0 Å². The number of hydrogen-bond acceptors (Lipinski definition) is 3. The van der Waals surface area contributed by atoms with Gasteiger partial charge in [-0.2, -0.15) is 0 Å². The molecule has 0 aliphatic carbocycles. The topological polar surface area (TPSA) is 60.2 Å². The molecule has 0 spiro atoms. The monoisotopic (exact) mass is 235 g/mol. The van der Waals surface area contributed by atoms with Crippen LogP contribution in [0.4, 0.5) is 0 Å². The third-order valence-electron chi connectivity index (χ3n) is 2.66. The van der Waals surface area contributed by atoms with Crippen molar-refractivity contribution in [2.45, 2.75) is 32.6 Å². The average molecular weight is 235 g/mol. The molecule has 0 aliphatic rings. The van der Waals surface area contributed by atoms with Crippen molar-refractivity contribution >= 4 is 5.78 Å². The Balaban J connectivity index is 2.97. The second kappa shape index (κ2) is 6.13. The van der Waals surface area contributed by atoms with E-state index in [2.05, 4.69) is 0 Å². The van der Waals surface area contributed by atoms with E-state index in [1.54, 1.807) is 6.07 Å². The van der Waals surface area contributed by atoms with Gasteiger partial charge in [0.2, 0.25) is 6.54 Å². The molecular formula is C13H17NO3. The smallest absolute Gasteiger partial charge is 0.217 e. The van der Waals surface area contributed by atoms with Gasteiger partial charge in [-0.05, 0) is 18.9 Å². The highest BCUT2D eigenvalue weighted by atomic mass is 16.6. The molecule has 0 N–H and O–H groups in total. The third kappa shape index (κ3) is 3.98. The highest BCUT2D eigenvalue weighted by molar-refractivity contribution is 5.85. The molecule has 0 bridgehead atoms. The molecule has 0 heterocycles. The van der Waals surface area contributed by atoms with Crippen molar-refractivity contribution in [2.75, 3.05) is 6.54 Å². The molecule has 92 valence electrons. The van der Waals surface area contributed by atoms with Crippen molar-refractivity contribution in [3.8, 4) is 0 Å². The molecule has 0 amide bonds. The predicted molar refractivity (Wildman–Crippen MR) is 65.7 cm³/mol. The van der Waals surface area contributed by atoms with E-state index in [0.29, 0.717) is 6.42 Å². The fourth-order valence-corrected chi connectivity index (χ4v) is 1.85. The van der Waals surface area contributed by atoms with Gasteiger partial charge in [0.1, 0.15) is 11.7 Å². The van der Waals surface area contributed by atoms with Gasteiger partial charge in [0, 0.05) is 11.3 Å². The maximum Gasteiger partial charge on any atom is 0.217 e. The second-order valence-electron chi connectivity index (χ2n) is 4.20. The first-order valence-corrected chi connectivity index (χ1v) is 5.75. The number of aryl methyl sites for hydroxylation is 1. The zero-order valence-corrected chi connectivity index (χ0v) is 10.2. The summed E-state index contributed by atoms with van der Waals surface area (Å²) in [6.07, 6.45) is 1.12. The van der Waals surface area contributed by atoms with E-state index < -0.39 is 10.8 Å². The van der Waals surface area contributed by atoms with Gasteiger partial charge in [-0.1, -0.05) is 36.8 Å². The molecule has 1 unspecified atom stereocenters. The summed E-state index contributed by atoms with van der Waals surface area (Å²) >= 11 is 0. The van der Waals surface area contributed by atoms with Crippen LogP contribution in [-0.2, 0) is 4.79 Å². The van der Waals surface area contributed by atoms with Crippen LogP contribution in [0.3, 0.4) is 0 Å². The maximum absolute atomic E-state index is 11.9. The number of benzene rings is 1. The Morgan fingerprint density at radius 2 is 2.18 bits per heavy atom. The first-order chi connectivity index (χ1) is 8.04. The minimum absolute atomic E-state index is 0.0465. The third-order valence-corrected chi connectivity index (χ3v) is 2.66. The lowest BCUT2D eigenvalue weighted by Gasteiger charge is -2.12. The Morgan fingerprint density at radius 3 is 2.71 bits per heavy atom. The number of Topliss-reactive ketones (excluding diaryl/α,β-unsaturated/α-hetero) is 1. The van der Waals surface area contributed by atoms with E-state index in [0.717, 1.165) is 17.5 Å². The Morgan fingerprint density at radius 1 is 1.47 bits per heavy atom. The van der Waals surface area contributed by atoms with Gasteiger partial charge >= 0.3 is 0 Å². The Hall–Kier alpha value is -1.71. The Bertz CT molecular complexity index is 415. The van der Waals surface area contributed by atoms with Crippen LogP contribution in [0, 0.1) is 17.0 Å². The van der Waals surface area contributed by atoms with Crippen LogP contribution < -0.4 is 0 Å². The molecule has 4 nitrogen and oxygen atoms in total. The number of hydrogen-bond donors (Lipinski definition) is 0. The van der Waals surface area contributed by atoms with E-state index in [-0.39, 0.29) is 12.3 Å². The molecule has 1 atom stereocenters. The molecule has 0 radical (unpaired) electrons. The number of nitrogens with zero attached hydrogens (tertiary/aromatic N) is 1. The van der Waals surface area contributed by atoms with Crippen LogP contribution in [0.25, 0.3) is 0 Å². The number of rotatable bonds is 6. The molecule has 0 aliphatic heterocycles. The summed E-state index contributed by atoms with van der Waals surface area (Å²) in [5.74, 6) is -0.653. The van der Waals surface area contributed by atoms with Gasteiger partial charge in [-0.25, -0.2) is 0 Å². The Kier molecular flexibility index (Phi) is 4.82. The van der Waals surface area contributed by atoms with Gasteiger partial charge < -0.3 is 0 Å². The SMILES string of the molecule is CCCC(=O)C(C[N+](=O)[O-])c1cccc(C)c1. The predicted octanol–water partition coefficient (Wildman–Crippen LogP) is 2.72. The summed E-state index contributed by atoms with van der Waals surface area (Å²) < 4.78 is 0. The van der Waals surface area contributed by atoms with E-state index in [4.69, 9.17) is 0 Å². The second-order valence-corrected chi connectivity index (χ2v) is 4.20. The Labute approximate surface area is 101 Å². The molecule has 0 saturated carbocycles. The lowest BCUT2D eigenvalue weighted by Crippen LogP contribution is -2.21. The van der Waals surface area contributed by atoms with Gasteiger partial charge in [0.25, 0.3) is 0 Å². The lowest BCUT2D eigenvalue weighted by molar-refractivity contribution is -0.481. The molecule has 1 aromatic rings. The van der Waals surface area contributed by atoms with Crippen molar-refractivity contribution in [1.29, 1.82) is 0 Å². The first-order valence-electron chi connectivity index (χ1n) is 5.75. The standard InChI is InChI=1S/C13H17NO3/c1-3-5-13(15)12(9-14(16)17)11-7-4-6-10(2)8-11/h4,6-8,12H,3,5,9H2,1-2H3. The van der Waals surface area contributed by atoms with E-state index in [1.165, 1.54) is 0 Å². The lowest BCUT2D eigenvalue weighted by atomic mass is 9.91. The van der Waals surface area contributed by atoms with Crippen LogP contribution in [0.5, 0.6) is 0 Å². The molecule has 0 fully saturated rings. The molecule has 0 aromatic heterocycles. The van der Waals surface area contributed by atoms with Crippen LogP contribution in [0.1, 0.15) is 36.8 Å². The zero-order valence-electron chi connectivity index (χ0n) is 10.2. The fourth-order valence-electron chi connectivity index (χ4n) is 1.85.